The van der Waals surface area contributed by atoms with Crippen LogP contribution in [0.5, 0.6) is 5.88 Å². The Morgan fingerprint density at radius 1 is 0.964 bits per heavy atom. The number of rotatable bonds is 0. The highest BCUT2D eigenvalue weighted by atomic mass is 16.8. The zero-order valence-electron chi connectivity index (χ0n) is 16.9. The summed E-state index contributed by atoms with van der Waals surface area (Å²) in [5.41, 5.74) is -0.945. The lowest BCUT2D eigenvalue weighted by atomic mass is 9.70. The molecule has 1 aromatic rings. The monoisotopic (exact) mass is 394 g/mol. The molecule has 0 amide bonds. The third-order valence-electron chi connectivity index (χ3n) is 6.51. The molecule has 5 heterocycles. The number of aromatic nitrogens is 2. The van der Waals surface area contributed by atoms with E-state index in [0.29, 0.717) is 18.1 Å². The van der Waals surface area contributed by atoms with E-state index in [0.717, 1.165) is 4.57 Å². The van der Waals surface area contributed by atoms with Gasteiger partial charge < -0.3 is 23.7 Å². The molecule has 1 aromatic heterocycles. The van der Waals surface area contributed by atoms with Gasteiger partial charge in [-0.05, 0) is 27.7 Å². The van der Waals surface area contributed by atoms with Crippen LogP contribution in [0.4, 0.5) is 0 Å². The van der Waals surface area contributed by atoms with Crippen molar-refractivity contribution in [2.45, 2.75) is 69.6 Å². The third-order valence-corrected chi connectivity index (χ3v) is 6.51. The molecule has 6 atom stereocenters. The summed E-state index contributed by atoms with van der Waals surface area (Å²) in [6.07, 6.45) is -1.67. The van der Waals surface area contributed by atoms with Gasteiger partial charge in [0.05, 0.1) is 18.3 Å². The Labute approximate surface area is 162 Å². The van der Waals surface area contributed by atoms with Crippen LogP contribution >= 0.6 is 0 Å². The summed E-state index contributed by atoms with van der Waals surface area (Å²) < 4.78 is 33.0. The molecular weight excluding hydrogens is 368 g/mol. The summed E-state index contributed by atoms with van der Waals surface area (Å²) >= 11 is 0. The molecule has 5 rings (SSSR count). The molecule has 154 valence electrons. The lowest BCUT2D eigenvalue weighted by Crippen LogP contribution is -2.59. The Hall–Kier alpha value is -1.68. The van der Waals surface area contributed by atoms with Crippen LogP contribution in [0.25, 0.3) is 0 Å². The minimum absolute atomic E-state index is 0.113. The summed E-state index contributed by atoms with van der Waals surface area (Å²) in [5.74, 6) is -0.835. The van der Waals surface area contributed by atoms with Crippen molar-refractivity contribution in [3.05, 3.63) is 26.4 Å². The van der Waals surface area contributed by atoms with Crippen molar-refractivity contribution in [3.8, 4) is 5.88 Å². The second kappa shape index (κ2) is 5.47. The number of hydrogen-bond donors (Lipinski definition) is 0. The standard InChI is InChI=1S/C19H26N2O7/c1-18(2)8-7-24-12-11(25-16-13(12)26-19(3,4)28-16)9(8)10-14(22)20(5)17(23)21(6)15(10)27-18/h8-9,11-13,16H,7H2,1-6H3/t8-,9+,11+,12-,13+,16+/m0/s1. The molecule has 28 heavy (non-hydrogen) atoms. The van der Waals surface area contributed by atoms with Gasteiger partial charge in [-0.3, -0.25) is 13.9 Å². The van der Waals surface area contributed by atoms with Gasteiger partial charge in [0.2, 0.25) is 5.88 Å². The molecule has 4 aliphatic rings. The summed E-state index contributed by atoms with van der Waals surface area (Å²) in [6.45, 7) is 7.98. The molecule has 9 nitrogen and oxygen atoms in total. The van der Waals surface area contributed by atoms with Crippen molar-refractivity contribution in [1.82, 2.24) is 9.13 Å². The highest BCUT2D eigenvalue weighted by Crippen LogP contribution is 2.53. The van der Waals surface area contributed by atoms with Gasteiger partial charge in [0.15, 0.2) is 12.1 Å². The van der Waals surface area contributed by atoms with E-state index in [1.165, 1.54) is 11.6 Å². The van der Waals surface area contributed by atoms with Crippen molar-refractivity contribution in [2.75, 3.05) is 6.61 Å². The van der Waals surface area contributed by atoms with Gasteiger partial charge in [-0.2, -0.15) is 0 Å². The smallest absolute Gasteiger partial charge is 0.333 e. The van der Waals surface area contributed by atoms with Crippen LogP contribution < -0.4 is 16.0 Å². The molecule has 9 heteroatoms. The normalized spacial score (nSPS) is 39.5. The van der Waals surface area contributed by atoms with Crippen molar-refractivity contribution in [1.29, 1.82) is 0 Å². The lowest BCUT2D eigenvalue weighted by Gasteiger charge is -2.50. The van der Waals surface area contributed by atoms with Crippen molar-refractivity contribution in [3.63, 3.8) is 0 Å². The highest BCUT2D eigenvalue weighted by molar-refractivity contribution is 5.36. The predicted octanol–water partition coefficient (Wildman–Crippen LogP) is 0.230. The molecule has 0 aliphatic carbocycles. The van der Waals surface area contributed by atoms with E-state index in [9.17, 15) is 9.59 Å². The van der Waals surface area contributed by atoms with E-state index in [2.05, 4.69) is 0 Å². The van der Waals surface area contributed by atoms with Gasteiger partial charge in [-0.1, -0.05) is 0 Å². The van der Waals surface area contributed by atoms with E-state index < -0.39 is 29.5 Å². The minimum atomic E-state index is -0.743. The van der Waals surface area contributed by atoms with Crippen LogP contribution in [-0.4, -0.2) is 51.7 Å². The summed E-state index contributed by atoms with van der Waals surface area (Å²) in [6, 6.07) is 0. The fraction of sp³-hybridized carbons (Fsp3) is 0.789. The van der Waals surface area contributed by atoms with E-state index in [4.69, 9.17) is 23.7 Å². The molecular formula is C19H26N2O7. The minimum Gasteiger partial charge on any atom is -0.472 e. The van der Waals surface area contributed by atoms with Crippen LogP contribution in [0.3, 0.4) is 0 Å². The molecule has 4 aliphatic heterocycles. The first-order valence-corrected chi connectivity index (χ1v) is 9.63. The average molecular weight is 394 g/mol. The van der Waals surface area contributed by atoms with Gasteiger partial charge in [-0.15, -0.1) is 0 Å². The zero-order valence-corrected chi connectivity index (χ0v) is 16.9. The van der Waals surface area contributed by atoms with Crippen molar-refractivity contribution >= 4 is 0 Å². The number of ether oxygens (including phenoxy) is 5. The number of hydrogen-bond acceptors (Lipinski definition) is 7. The molecule has 0 unspecified atom stereocenters. The van der Waals surface area contributed by atoms with Crippen molar-refractivity contribution < 1.29 is 23.7 Å². The molecule has 0 N–H and O–H groups in total. The molecule has 0 saturated carbocycles. The Balaban J connectivity index is 1.66. The van der Waals surface area contributed by atoms with E-state index in [1.54, 1.807) is 7.05 Å². The molecule has 3 fully saturated rings. The Bertz CT molecular complexity index is 962. The van der Waals surface area contributed by atoms with Crippen molar-refractivity contribution in [2.24, 2.45) is 20.0 Å². The van der Waals surface area contributed by atoms with Crippen LogP contribution in [-0.2, 0) is 33.0 Å². The topological polar surface area (TPSA) is 90.2 Å². The molecule has 0 aromatic carbocycles. The fourth-order valence-electron chi connectivity index (χ4n) is 5.11. The molecule has 0 spiro atoms. The van der Waals surface area contributed by atoms with Gasteiger partial charge in [-0.25, -0.2) is 4.79 Å². The highest BCUT2D eigenvalue weighted by Gasteiger charge is 2.63. The van der Waals surface area contributed by atoms with Gasteiger partial charge in [0.1, 0.15) is 17.8 Å². The Morgan fingerprint density at radius 2 is 1.68 bits per heavy atom. The largest absolute Gasteiger partial charge is 0.472 e. The Kier molecular flexibility index (Phi) is 3.59. The second-order valence-corrected chi connectivity index (χ2v) is 9.13. The van der Waals surface area contributed by atoms with Crippen LogP contribution in [0.2, 0.25) is 0 Å². The lowest BCUT2D eigenvalue weighted by molar-refractivity contribution is -0.241. The summed E-state index contributed by atoms with van der Waals surface area (Å²) in [7, 11) is 3.10. The van der Waals surface area contributed by atoms with Gasteiger partial charge in [0, 0.05) is 25.9 Å². The predicted molar refractivity (Wildman–Crippen MR) is 96.3 cm³/mol. The molecule has 3 saturated heterocycles. The maximum absolute atomic E-state index is 13.1. The Morgan fingerprint density at radius 3 is 2.39 bits per heavy atom. The van der Waals surface area contributed by atoms with Crippen LogP contribution in [0, 0.1) is 5.92 Å². The third kappa shape index (κ3) is 2.27. The first-order chi connectivity index (χ1) is 13.0. The number of fused-ring (bicyclic) bond motifs is 7. The fourth-order valence-corrected chi connectivity index (χ4v) is 5.11. The van der Waals surface area contributed by atoms with Gasteiger partial charge >= 0.3 is 5.69 Å². The summed E-state index contributed by atoms with van der Waals surface area (Å²) in [4.78, 5) is 25.5. The SMILES string of the molecule is Cn1c2c(c(=O)n(C)c1=O)[C@@H]1[C@H]3O[C@@H]4OC(C)(C)O[C@@H]4[C@H]3OC[C@@H]1C(C)(C)O2. The summed E-state index contributed by atoms with van der Waals surface area (Å²) in [5, 5.41) is 0. The molecule has 0 radical (unpaired) electrons. The maximum atomic E-state index is 13.1. The average Bonchev–Trinajstić information content (AvgIpc) is 3.09. The van der Waals surface area contributed by atoms with E-state index >= 15 is 0 Å². The first-order valence-electron chi connectivity index (χ1n) is 9.63. The second-order valence-electron chi connectivity index (χ2n) is 9.13. The quantitative estimate of drug-likeness (QED) is 0.622. The van der Waals surface area contributed by atoms with Gasteiger partial charge in [0.25, 0.3) is 5.56 Å². The first kappa shape index (κ1) is 18.4. The van der Waals surface area contributed by atoms with Crippen LogP contribution in [0.15, 0.2) is 9.59 Å². The maximum Gasteiger partial charge on any atom is 0.333 e. The van der Waals surface area contributed by atoms with Crippen LogP contribution in [0.1, 0.15) is 39.2 Å². The van der Waals surface area contributed by atoms with E-state index in [1.807, 2.05) is 27.7 Å². The molecule has 0 bridgehead atoms. The zero-order chi connectivity index (χ0) is 20.2. The van der Waals surface area contributed by atoms with E-state index in [-0.39, 0.29) is 29.6 Å². The number of nitrogens with zero attached hydrogens (tertiary/aromatic N) is 2.